The molecule has 4 rings (SSSR count). The Balaban J connectivity index is 1.46. The van der Waals surface area contributed by atoms with Crippen molar-refractivity contribution in [1.82, 2.24) is 10.3 Å². The highest BCUT2D eigenvalue weighted by Crippen LogP contribution is 2.45. The molecule has 1 aromatic carbocycles. The molecule has 0 radical (unpaired) electrons. The Morgan fingerprint density at radius 3 is 2.79 bits per heavy atom. The first-order chi connectivity index (χ1) is 13.5. The van der Waals surface area contributed by atoms with Crippen molar-refractivity contribution in [3.8, 4) is 0 Å². The topological polar surface area (TPSA) is 62.3 Å². The summed E-state index contributed by atoms with van der Waals surface area (Å²) < 4.78 is 26.5. The minimum atomic E-state index is -0.534. The lowest BCUT2D eigenvalue weighted by atomic mass is 9.71. The zero-order valence-corrected chi connectivity index (χ0v) is 15.3. The first-order valence-electron chi connectivity index (χ1n) is 9.47. The van der Waals surface area contributed by atoms with E-state index in [9.17, 15) is 18.4 Å². The molecule has 7 heteroatoms. The van der Waals surface area contributed by atoms with Gasteiger partial charge in [0.25, 0.3) is 5.91 Å². The van der Waals surface area contributed by atoms with Gasteiger partial charge in [-0.2, -0.15) is 0 Å². The summed E-state index contributed by atoms with van der Waals surface area (Å²) in [6, 6.07) is 8.23. The summed E-state index contributed by atoms with van der Waals surface area (Å²) in [5, 5.41) is 2.95. The Morgan fingerprint density at radius 2 is 2.04 bits per heavy atom. The van der Waals surface area contributed by atoms with Gasteiger partial charge in [0.15, 0.2) is 0 Å². The number of amides is 2. The number of nitrogens with one attached hydrogen (secondary N) is 1. The first kappa shape index (κ1) is 18.5. The maximum Gasteiger partial charge on any atom is 0.251 e. The number of carbonyl (C=O) groups excluding carboxylic acids is 2. The zero-order valence-electron chi connectivity index (χ0n) is 15.3. The number of carbonyl (C=O) groups is 2. The summed E-state index contributed by atoms with van der Waals surface area (Å²) in [5.74, 6) is -0.793. The molecule has 1 aliphatic carbocycles. The predicted molar refractivity (Wildman–Crippen MR) is 99.7 cm³/mol. The number of pyridine rings is 1. The molecule has 2 fully saturated rings. The molecule has 2 atom stereocenters. The van der Waals surface area contributed by atoms with Crippen LogP contribution in [0.1, 0.15) is 42.5 Å². The number of anilines is 1. The van der Waals surface area contributed by atoms with Crippen molar-refractivity contribution in [3.05, 3.63) is 59.8 Å². The SMILES string of the molecule is O=C(N[C@H]1CCC[C@]2(CCN(c3ccc(F)cn3)C2=O)C1)c1cccc(F)c1. The maximum atomic E-state index is 13.4. The smallest absolute Gasteiger partial charge is 0.251 e. The van der Waals surface area contributed by atoms with Gasteiger partial charge >= 0.3 is 0 Å². The highest BCUT2D eigenvalue weighted by Gasteiger charge is 2.50. The zero-order chi connectivity index (χ0) is 19.7. The van der Waals surface area contributed by atoms with Crippen LogP contribution in [0, 0.1) is 17.0 Å². The molecule has 1 saturated carbocycles. The van der Waals surface area contributed by atoms with Crippen LogP contribution in [0.25, 0.3) is 0 Å². The fraction of sp³-hybridized carbons (Fsp3) is 0.381. The molecule has 2 aromatic rings. The molecule has 1 aliphatic heterocycles. The van der Waals surface area contributed by atoms with E-state index < -0.39 is 17.0 Å². The van der Waals surface area contributed by atoms with Gasteiger partial charge in [-0.1, -0.05) is 12.5 Å². The molecule has 1 spiro atoms. The van der Waals surface area contributed by atoms with Crippen molar-refractivity contribution in [3.63, 3.8) is 0 Å². The van der Waals surface area contributed by atoms with Gasteiger partial charge in [-0.05, 0) is 56.0 Å². The first-order valence-corrected chi connectivity index (χ1v) is 9.47. The quantitative estimate of drug-likeness (QED) is 0.880. The van der Waals surface area contributed by atoms with Gasteiger partial charge in [-0.25, -0.2) is 13.8 Å². The lowest BCUT2D eigenvalue weighted by Crippen LogP contribution is -2.46. The van der Waals surface area contributed by atoms with Crippen LogP contribution in [0.4, 0.5) is 14.6 Å². The fourth-order valence-corrected chi connectivity index (χ4v) is 4.37. The fourth-order valence-electron chi connectivity index (χ4n) is 4.37. The van der Waals surface area contributed by atoms with Gasteiger partial charge in [0.05, 0.1) is 11.6 Å². The maximum absolute atomic E-state index is 13.4. The van der Waals surface area contributed by atoms with Gasteiger partial charge in [0.1, 0.15) is 17.5 Å². The van der Waals surface area contributed by atoms with Crippen LogP contribution < -0.4 is 10.2 Å². The summed E-state index contributed by atoms with van der Waals surface area (Å²) in [6.45, 7) is 0.530. The van der Waals surface area contributed by atoms with Crippen molar-refractivity contribution >= 4 is 17.6 Å². The average Bonchev–Trinajstić information content (AvgIpc) is 2.98. The Labute approximate surface area is 161 Å². The van der Waals surface area contributed by atoms with E-state index in [0.717, 1.165) is 25.5 Å². The second-order valence-electron chi connectivity index (χ2n) is 7.60. The van der Waals surface area contributed by atoms with Gasteiger partial charge in [0, 0.05) is 18.2 Å². The molecular weight excluding hydrogens is 364 g/mol. The summed E-state index contributed by atoms with van der Waals surface area (Å²) in [5.41, 5.74) is -0.261. The third kappa shape index (κ3) is 3.48. The number of aromatic nitrogens is 1. The van der Waals surface area contributed by atoms with Gasteiger partial charge in [-0.3, -0.25) is 14.5 Å². The van der Waals surface area contributed by atoms with Crippen LogP contribution in [0.2, 0.25) is 0 Å². The van der Waals surface area contributed by atoms with E-state index in [-0.39, 0.29) is 23.4 Å². The average molecular weight is 385 g/mol. The highest BCUT2D eigenvalue weighted by molar-refractivity contribution is 5.99. The molecule has 146 valence electrons. The predicted octanol–water partition coefficient (Wildman–Crippen LogP) is 3.46. The second-order valence-corrected chi connectivity index (χ2v) is 7.60. The molecule has 2 amide bonds. The Morgan fingerprint density at radius 1 is 1.18 bits per heavy atom. The molecule has 2 heterocycles. The normalized spacial score (nSPS) is 24.6. The highest BCUT2D eigenvalue weighted by atomic mass is 19.1. The number of nitrogens with zero attached hydrogens (tertiary/aromatic N) is 2. The molecule has 5 nitrogen and oxygen atoms in total. The van der Waals surface area contributed by atoms with Crippen LogP contribution in [0.15, 0.2) is 42.6 Å². The number of hydrogen-bond acceptors (Lipinski definition) is 3. The summed E-state index contributed by atoms with van der Waals surface area (Å²) >= 11 is 0. The number of rotatable bonds is 3. The van der Waals surface area contributed by atoms with E-state index in [1.165, 1.54) is 30.3 Å². The van der Waals surface area contributed by atoms with E-state index in [4.69, 9.17) is 0 Å². The van der Waals surface area contributed by atoms with Gasteiger partial charge in [-0.15, -0.1) is 0 Å². The Kier molecular flexibility index (Phi) is 4.83. The molecule has 28 heavy (non-hydrogen) atoms. The molecular formula is C21H21F2N3O2. The van der Waals surface area contributed by atoms with E-state index >= 15 is 0 Å². The summed E-state index contributed by atoms with van der Waals surface area (Å²) in [6.07, 6.45) is 4.70. The van der Waals surface area contributed by atoms with E-state index in [1.54, 1.807) is 11.0 Å². The third-order valence-electron chi connectivity index (χ3n) is 5.77. The van der Waals surface area contributed by atoms with Crippen LogP contribution in [-0.4, -0.2) is 29.4 Å². The third-order valence-corrected chi connectivity index (χ3v) is 5.77. The van der Waals surface area contributed by atoms with Crippen molar-refractivity contribution in [1.29, 1.82) is 0 Å². The number of benzene rings is 1. The second kappa shape index (κ2) is 7.30. The van der Waals surface area contributed by atoms with Crippen LogP contribution in [0.3, 0.4) is 0 Å². The standard InChI is InChI=1S/C21H21F2N3O2/c22-15-4-1-3-14(11-15)19(27)25-17-5-2-8-21(12-17)9-10-26(20(21)28)18-7-6-16(23)13-24-18/h1,3-4,6-7,11,13,17H,2,5,8-10,12H2,(H,25,27)/t17-,21-/m0/s1. The van der Waals surface area contributed by atoms with Crippen LogP contribution >= 0.6 is 0 Å². The van der Waals surface area contributed by atoms with Crippen molar-refractivity contribution in [2.24, 2.45) is 5.41 Å². The minimum Gasteiger partial charge on any atom is -0.349 e. The monoisotopic (exact) mass is 385 g/mol. The van der Waals surface area contributed by atoms with Crippen molar-refractivity contribution in [2.75, 3.05) is 11.4 Å². The molecule has 1 N–H and O–H groups in total. The largest absolute Gasteiger partial charge is 0.349 e. The van der Waals surface area contributed by atoms with E-state index in [2.05, 4.69) is 10.3 Å². The molecule has 1 aromatic heterocycles. The van der Waals surface area contributed by atoms with E-state index in [1.807, 2.05) is 0 Å². The van der Waals surface area contributed by atoms with Crippen LogP contribution in [0.5, 0.6) is 0 Å². The molecule has 1 saturated heterocycles. The number of halogens is 2. The van der Waals surface area contributed by atoms with Crippen LogP contribution in [-0.2, 0) is 4.79 Å². The number of hydrogen-bond donors (Lipinski definition) is 1. The lowest BCUT2D eigenvalue weighted by Gasteiger charge is -2.36. The van der Waals surface area contributed by atoms with Gasteiger partial charge < -0.3 is 5.32 Å². The molecule has 2 aliphatic rings. The molecule has 0 bridgehead atoms. The van der Waals surface area contributed by atoms with Crippen molar-refractivity contribution in [2.45, 2.75) is 38.1 Å². The van der Waals surface area contributed by atoms with E-state index in [0.29, 0.717) is 25.2 Å². The Hall–Kier alpha value is -2.83. The molecule has 0 unspecified atom stereocenters. The van der Waals surface area contributed by atoms with Gasteiger partial charge in [0.2, 0.25) is 5.91 Å². The summed E-state index contributed by atoms with van der Waals surface area (Å²) in [4.78, 5) is 31.2. The summed E-state index contributed by atoms with van der Waals surface area (Å²) in [7, 11) is 0. The lowest BCUT2D eigenvalue weighted by molar-refractivity contribution is -0.127. The Bertz CT molecular complexity index is 903. The van der Waals surface area contributed by atoms with Crippen molar-refractivity contribution < 1.29 is 18.4 Å². The minimum absolute atomic E-state index is 0.0173.